The Morgan fingerprint density at radius 3 is 3.12 bits per heavy atom. The van der Waals surface area contributed by atoms with E-state index in [0.29, 0.717) is 19.6 Å². The number of hydrogen-bond donors (Lipinski definition) is 2. The summed E-state index contributed by atoms with van der Waals surface area (Å²) >= 11 is 0. The van der Waals surface area contributed by atoms with Crippen LogP contribution in [0.1, 0.15) is 19.3 Å². The van der Waals surface area contributed by atoms with E-state index in [-0.39, 0.29) is 18.1 Å². The summed E-state index contributed by atoms with van der Waals surface area (Å²) in [5.74, 6) is 0.127. The molecule has 2 rings (SSSR count). The lowest BCUT2D eigenvalue weighted by Crippen LogP contribution is -2.47. The summed E-state index contributed by atoms with van der Waals surface area (Å²) in [4.78, 5) is 13.7. The summed E-state index contributed by atoms with van der Waals surface area (Å²) in [6.07, 6.45) is 1.86. The molecular formula is C11H20N2O3. The molecule has 0 radical (unpaired) electrons. The Kier molecular flexibility index (Phi) is 4.15. The summed E-state index contributed by atoms with van der Waals surface area (Å²) in [7, 11) is 0. The van der Waals surface area contributed by atoms with Crippen LogP contribution >= 0.6 is 0 Å². The first-order valence-electron chi connectivity index (χ1n) is 6.02. The third kappa shape index (κ3) is 3.17. The molecule has 0 saturated carbocycles. The summed E-state index contributed by atoms with van der Waals surface area (Å²) in [5.41, 5.74) is 0. The second-order valence-corrected chi connectivity index (χ2v) is 4.57. The zero-order valence-corrected chi connectivity index (χ0v) is 9.52. The van der Waals surface area contributed by atoms with Crippen LogP contribution < -0.4 is 5.32 Å². The standard InChI is InChI=1S/C11H20N2O3/c14-10-2-1-4-13(7-10)11(15)6-9-8-16-5-3-12-9/h9-10,12,14H,1-8H2/t9?,10-/m0/s1. The van der Waals surface area contributed by atoms with Crippen molar-refractivity contribution in [3.8, 4) is 0 Å². The first-order chi connectivity index (χ1) is 7.75. The zero-order chi connectivity index (χ0) is 11.4. The van der Waals surface area contributed by atoms with Crippen LogP contribution in [0.4, 0.5) is 0 Å². The van der Waals surface area contributed by atoms with E-state index >= 15 is 0 Å². The van der Waals surface area contributed by atoms with Gasteiger partial charge in [0.05, 0.1) is 19.3 Å². The van der Waals surface area contributed by atoms with Crippen molar-refractivity contribution in [2.75, 3.05) is 32.8 Å². The highest BCUT2D eigenvalue weighted by Crippen LogP contribution is 2.12. The summed E-state index contributed by atoms with van der Waals surface area (Å²) in [5, 5.41) is 12.8. The predicted octanol–water partition coefficient (Wildman–Crippen LogP) is -0.652. The molecule has 0 aliphatic carbocycles. The minimum absolute atomic E-state index is 0.127. The maximum Gasteiger partial charge on any atom is 0.224 e. The van der Waals surface area contributed by atoms with Crippen molar-refractivity contribution in [2.45, 2.75) is 31.4 Å². The highest BCUT2D eigenvalue weighted by atomic mass is 16.5. The monoisotopic (exact) mass is 228 g/mol. The van der Waals surface area contributed by atoms with Crippen LogP contribution in [0.15, 0.2) is 0 Å². The maximum atomic E-state index is 11.9. The molecule has 2 fully saturated rings. The molecule has 0 aromatic carbocycles. The van der Waals surface area contributed by atoms with Crippen LogP contribution in [0.5, 0.6) is 0 Å². The number of carbonyl (C=O) groups is 1. The lowest BCUT2D eigenvalue weighted by molar-refractivity contribution is -0.135. The fraction of sp³-hybridized carbons (Fsp3) is 0.909. The molecule has 0 bridgehead atoms. The Bertz CT molecular complexity index is 241. The molecule has 2 heterocycles. The normalized spacial score (nSPS) is 31.4. The molecule has 0 spiro atoms. The Balaban J connectivity index is 1.77. The fourth-order valence-corrected chi connectivity index (χ4v) is 2.27. The smallest absolute Gasteiger partial charge is 0.224 e. The molecule has 0 aromatic heterocycles. The minimum atomic E-state index is -0.340. The van der Waals surface area contributed by atoms with E-state index < -0.39 is 0 Å². The number of β-amino-alcohol motifs (C(OH)–C–C–N with tert-alkyl or cyclic N) is 1. The third-order valence-corrected chi connectivity index (χ3v) is 3.17. The van der Waals surface area contributed by atoms with Gasteiger partial charge in [-0.05, 0) is 12.8 Å². The van der Waals surface area contributed by atoms with Gasteiger partial charge in [0.15, 0.2) is 0 Å². The van der Waals surface area contributed by atoms with Gasteiger partial charge in [-0.2, -0.15) is 0 Å². The molecule has 0 aromatic rings. The number of carbonyl (C=O) groups excluding carboxylic acids is 1. The van der Waals surface area contributed by atoms with Gasteiger partial charge in [-0.1, -0.05) is 0 Å². The first-order valence-corrected chi connectivity index (χ1v) is 6.02. The molecule has 16 heavy (non-hydrogen) atoms. The number of hydrogen-bond acceptors (Lipinski definition) is 4. The summed E-state index contributed by atoms with van der Waals surface area (Å²) in [6, 6.07) is 0.139. The molecule has 2 aliphatic heterocycles. The Labute approximate surface area is 95.8 Å². The van der Waals surface area contributed by atoms with E-state index in [9.17, 15) is 9.90 Å². The van der Waals surface area contributed by atoms with Crippen LogP contribution in [-0.4, -0.2) is 60.9 Å². The minimum Gasteiger partial charge on any atom is -0.391 e. The van der Waals surface area contributed by atoms with Gasteiger partial charge in [-0.25, -0.2) is 0 Å². The molecule has 1 unspecified atom stereocenters. The molecule has 5 nitrogen and oxygen atoms in total. The molecule has 5 heteroatoms. The van der Waals surface area contributed by atoms with Gasteiger partial charge in [0.2, 0.25) is 5.91 Å². The summed E-state index contributed by atoms with van der Waals surface area (Å²) < 4.78 is 5.31. The number of nitrogens with zero attached hydrogens (tertiary/aromatic N) is 1. The van der Waals surface area contributed by atoms with Gasteiger partial charge in [-0.3, -0.25) is 4.79 Å². The third-order valence-electron chi connectivity index (χ3n) is 3.17. The van der Waals surface area contributed by atoms with E-state index in [1.807, 2.05) is 0 Å². The van der Waals surface area contributed by atoms with Gasteiger partial charge in [0, 0.05) is 32.1 Å². The molecule has 92 valence electrons. The van der Waals surface area contributed by atoms with Gasteiger partial charge in [0.25, 0.3) is 0 Å². The number of likely N-dealkylation sites (tertiary alicyclic amines) is 1. The van der Waals surface area contributed by atoms with Crippen LogP contribution in [0, 0.1) is 0 Å². The highest BCUT2D eigenvalue weighted by molar-refractivity contribution is 5.77. The Hall–Kier alpha value is -0.650. The van der Waals surface area contributed by atoms with E-state index in [2.05, 4.69) is 5.32 Å². The van der Waals surface area contributed by atoms with E-state index in [4.69, 9.17) is 4.74 Å². The molecule has 1 amide bonds. The molecule has 2 N–H and O–H groups in total. The second kappa shape index (κ2) is 5.61. The van der Waals surface area contributed by atoms with Crippen molar-refractivity contribution >= 4 is 5.91 Å². The van der Waals surface area contributed by atoms with Crippen LogP contribution in [0.25, 0.3) is 0 Å². The summed E-state index contributed by atoms with van der Waals surface area (Å²) in [6.45, 7) is 3.44. The highest BCUT2D eigenvalue weighted by Gasteiger charge is 2.25. The predicted molar refractivity (Wildman–Crippen MR) is 59.0 cm³/mol. The SMILES string of the molecule is O=C(CC1COCCN1)N1CCC[C@H](O)C1. The Morgan fingerprint density at radius 2 is 2.44 bits per heavy atom. The average molecular weight is 228 g/mol. The topological polar surface area (TPSA) is 61.8 Å². The van der Waals surface area contributed by atoms with Crippen molar-refractivity contribution in [3.63, 3.8) is 0 Å². The largest absolute Gasteiger partial charge is 0.391 e. The maximum absolute atomic E-state index is 11.9. The van der Waals surface area contributed by atoms with Crippen molar-refractivity contribution in [2.24, 2.45) is 0 Å². The molecule has 2 atom stereocenters. The zero-order valence-electron chi connectivity index (χ0n) is 9.52. The molecule has 2 saturated heterocycles. The number of nitrogens with one attached hydrogen (secondary N) is 1. The second-order valence-electron chi connectivity index (χ2n) is 4.57. The quantitative estimate of drug-likeness (QED) is 0.659. The van der Waals surface area contributed by atoms with Gasteiger partial charge in [-0.15, -0.1) is 0 Å². The lowest BCUT2D eigenvalue weighted by atomic mass is 10.1. The lowest BCUT2D eigenvalue weighted by Gasteiger charge is -2.32. The van der Waals surface area contributed by atoms with Crippen LogP contribution in [0.3, 0.4) is 0 Å². The molecule has 2 aliphatic rings. The Morgan fingerprint density at radius 1 is 1.56 bits per heavy atom. The number of rotatable bonds is 2. The van der Waals surface area contributed by atoms with Gasteiger partial charge < -0.3 is 20.1 Å². The van der Waals surface area contributed by atoms with Crippen molar-refractivity contribution in [1.29, 1.82) is 0 Å². The van der Waals surface area contributed by atoms with E-state index in [1.165, 1.54) is 0 Å². The van der Waals surface area contributed by atoms with Crippen molar-refractivity contribution in [3.05, 3.63) is 0 Å². The van der Waals surface area contributed by atoms with Gasteiger partial charge >= 0.3 is 0 Å². The van der Waals surface area contributed by atoms with Crippen molar-refractivity contribution < 1.29 is 14.6 Å². The number of aliphatic hydroxyl groups is 1. The number of morpholine rings is 1. The number of piperidine rings is 1. The van der Waals surface area contributed by atoms with E-state index in [1.54, 1.807) is 4.90 Å². The fourth-order valence-electron chi connectivity index (χ4n) is 2.27. The number of aliphatic hydroxyl groups excluding tert-OH is 1. The van der Waals surface area contributed by atoms with E-state index in [0.717, 1.165) is 32.5 Å². The van der Waals surface area contributed by atoms with Crippen LogP contribution in [-0.2, 0) is 9.53 Å². The first kappa shape index (κ1) is 11.8. The van der Waals surface area contributed by atoms with Crippen molar-refractivity contribution in [1.82, 2.24) is 10.2 Å². The van der Waals surface area contributed by atoms with Crippen LogP contribution in [0.2, 0.25) is 0 Å². The number of amides is 1. The average Bonchev–Trinajstić information content (AvgIpc) is 2.30. The van der Waals surface area contributed by atoms with Gasteiger partial charge in [0.1, 0.15) is 0 Å². The number of ether oxygens (including phenoxy) is 1. The molecular weight excluding hydrogens is 208 g/mol.